The Bertz CT molecular complexity index is 195. The molecule has 3 heteroatoms. The first-order valence-corrected chi connectivity index (χ1v) is 3.40. The molecule has 0 aliphatic heterocycles. The van der Waals surface area contributed by atoms with Crippen molar-refractivity contribution < 1.29 is 60.2 Å². The first-order chi connectivity index (χ1) is 4.13. The molecule has 0 amide bonds. The van der Waals surface area contributed by atoms with Crippen molar-refractivity contribution in [2.45, 2.75) is 27.7 Å². The monoisotopic (exact) mass is 369 g/mol. The molecule has 0 heterocycles. The third kappa shape index (κ3) is 4.02. The largest absolute Gasteiger partial charge is 3.00 e. The van der Waals surface area contributed by atoms with Crippen LogP contribution in [0.2, 0.25) is 0 Å². The Morgan fingerprint density at radius 3 is 1.58 bits per heavy atom. The van der Waals surface area contributed by atoms with E-state index in [1.807, 2.05) is 0 Å². The molecule has 0 fully saturated rings. The average Bonchev–Trinajstić information content (AvgIpc) is 1.98. The van der Waals surface area contributed by atoms with Crippen molar-refractivity contribution in [1.82, 2.24) is 0 Å². The van der Waals surface area contributed by atoms with Crippen molar-refractivity contribution in [2.75, 3.05) is 0 Å². The van der Waals surface area contributed by atoms with E-state index in [2.05, 4.69) is 33.8 Å². The SMILES string of the molecule is CC1=[C-]C(C)C(C)=C1C.[Br-].[Br-].[Zr+3]. The van der Waals surface area contributed by atoms with Crippen molar-refractivity contribution in [1.29, 1.82) is 0 Å². The van der Waals surface area contributed by atoms with Crippen LogP contribution < -0.4 is 34.0 Å². The molecule has 1 aliphatic rings. The van der Waals surface area contributed by atoms with Crippen LogP contribution >= 0.6 is 0 Å². The van der Waals surface area contributed by atoms with Crippen LogP contribution in [0.25, 0.3) is 0 Å². The molecule has 0 saturated carbocycles. The van der Waals surface area contributed by atoms with Gasteiger partial charge in [0.2, 0.25) is 0 Å². The van der Waals surface area contributed by atoms with Gasteiger partial charge in [-0.05, 0) is 0 Å². The number of allylic oxidation sites excluding steroid dienone is 4. The first-order valence-electron chi connectivity index (χ1n) is 3.40. The van der Waals surface area contributed by atoms with Gasteiger partial charge in [-0.3, -0.25) is 6.08 Å². The van der Waals surface area contributed by atoms with Crippen LogP contribution in [0.15, 0.2) is 16.7 Å². The smallest absolute Gasteiger partial charge is 1.00 e. The number of hydrogen-bond acceptors (Lipinski definition) is 0. The van der Waals surface area contributed by atoms with Crippen LogP contribution in [0.4, 0.5) is 0 Å². The molecule has 1 aliphatic carbocycles. The third-order valence-corrected chi connectivity index (χ3v) is 2.24. The molecule has 0 spiro atoms. The molecule has 0 aromatic heterocycles. The summed E-state index contributed by atoms with van der Waals surface area (Å²) < 4.78 is 0. The quantitative estimate of drug-likeness (QED) is 0.392. The summed E-state index contributed by atoms with van der Waals surface area (Å²) in [4.78, 5) is 0. The minimum atomic E-state index is 0. The summed E-state index contributed by atoms with van der Waals surface area (Å²) in [6.45, 7) is 8.67. The average molecular weight is 372 g/mol. The fourth-order valence-corrected chi connectivity index (χ4v) is 1.16. The maximum Gasteiger partial charge on any atom is 3.00 e. The molecule has 0 bridgehead atoms. The van der Waals surface area contributed by atoms with Gasteiger partial charge in [0.15, 0.2) is 0 Å². The van der Waals surface area contributed by atoms with Gasteiger partial charge < -0.3 is 34.0 Å². The van der Waals surface area contributed by atoms with E-state index < -0.39 is 0 Å². The van der Waals surface area contributed by atoms with Crippen LogP contribution in [-0.2, 0) is 26.2 Å². The Kier molecular flexibility index (Phi) is 12.2. The van der Waals surface area contributed by atoms with Crippen LogP contribution in [0.5, 0.6) is 0 Å². The predicted molar refractivity (Wildman–Crippen MR) is 40.0 cm³/mol. The molecule has 0 N–H and O–H groups in total. The minimum Gasteiger partial charge on any atom is -1.00 e. The Balaban J connectivity index is -0.000000270. The van der Waals surface area contributed by atoms with E-state index >= 15 is 0 Å². The van der Waals surface area contributed by atoms with E-state index in [9.17, 15) is 0 Å². The molecular formula is C9H13Br2Zr. The third-order valence-electron chi connectivity index (χ3n) is 2.24. The predicted octanol–water partition coefficient (Wildman–Crippen LogP) is -3.27. The first kappa shape index (κ1) is 19.0. The van der Waals surface area contributed by atoms with Gasteiger partial charge in [-0.15, -0.1) is 6.92 Å². The van der Waals surface area contributed by atoms with Gasteiger partial charge in [0.05, 0.1) is 0 Å². The molecule has 67 valence electrons. The van der Waals surface area contributed by atoms with Crippen molar-refractivity contribution in [3.63, 3.8) is 0 Å². The molecule has 0 saturated heterocycles. The van der Waals surface area contributed by atoms with Gasteiger partial charge in [0.25, 0.3) is 0 Å². The van der Waals surface area contributed by atoms with Gasteiger partial charge >= 0.3 is 26.2 Å². The summed E-state index contributed by atoms with van der Waals surface area (Å²) in [5.41, 5.74) is 4.25. The molecule has 0 aromatic rings. The molecule has 0 nitrogen and oxygen atoms in total. The second-order valence-electron chi connectivity index (χ2n) is 2.80. The van der Waals surface area contributed by atoms with E-state index in [1.54, 1.807) is 0 Å². The van der Waals surface area contributed by atoms with Crippen LogP contribution in [0.3, 0.4) is 0 Å². The van der Waals surface area contributed by atoms with E-state index in [1.165, 1.54) is 16.7 Å². The van der Waals surface area contributed by atoms with Crippen molar-refractivity contribution in [3.8, 4) is 0 Å². The second-order valence-corrected chi connectivity index (χ2v) is 2.80. The number of rotatable bonds is 0. The summed E-state index contributed by atoms with van der Waals surface area (Å²) in [5, 5.41) is 0. The van der Waals surface area contributed by atoms with E-state index in [4.69, 9.17) is 0 Å². The van der Waals surface area contributed by atoms with Gasteiger partial charge in [-0.1, -0.05) is 26.7 Å². The summed E-state index contributed by atoms with van der Waals surface area (Å²) in [6.07, 6.45) is 3.36. The molecule has 1 atom stereocenters. The van der Waals surface area contributed by atoms with Crippen LogP contribution in [-0.4, -0.2) is 0 Å². The molecular weight excluding hydrogens is 359 g/mol. The summed E-state index contributed by atoms with van der Waals surface area (Å²) in [7, 11) is 0. The maximum atomic E-state index is 3.36. The Labute approximate surface area is 116 Å². The van der Waals surface area contributed by atoms with Crippen molar-refractivity contribution >= 4 is 0 Å². The molecule has 1 unspecified atom stereocenters. The normalized spacial score (nSPS) is 20.3. The summed E-state index contributed by atoms with van der Waals surface area (Å²) in [5.74, 6) is 0.560. The fraction of sp³-hybridized carbons (Fsp3) is 0.556. The molecule has 12 heavy (non-hydrogen) atoms. The number of hydrogen-bond donors (Lipinski definition) is 0. The van der Waals surface area contributed by atoms with Crippen molar-refractivity contribution in [3.05, 3.63) is 22.8 Å². The molecule has 0 aromatic carbocycles. The minimum absolute atomic E-state index is 0. The molecule has 1 rings (SSSR count). The van der Waals surface area contributed by atoms with Gasteiger partial charge in [-0.25, -0.2) is 5.57 Å². The number of halogens is 2. The van der Waals surface area contributed by atoms with Gasteiger partial charge in [0, 0.05) is 0 Å². The second kappa shape index (κ2) is 7.70. The van der Waals surface area contributed by atoms with Crippen LogP contribution in [0.1, 0.15) is 27.7 Å². The fourth-order valence-electron chi connectivity index (χ4n) is 1.16. The van der Waals surface area contributed by atoms with E-state index in [0.29, 0.717) is 5.92 Å². The van der Waals surface area contributed by atoms with Crippen LogP contribution in [0, 0.1) is 12.0 Å². The molecule has 1 radical (unpaired) electrons. The van der Waals surface area contributed by atoms with Crippen molar-refractivity contribution in [2.24, 2.45) is 5.92 Å². The zero-order valence-corrected chi connectivity index (χ0v) is 13.5. The summed E-state index contributed by atoms with van der Waals surface area (Å²) >= 11 is 0. The Morgan fingerprint density at radius 1 is 1.08 bits per heavy atom. The maximum absolute atomic E-state index is 3.36. The topological polar surface area (TPSA) is 0 Å². The summed E-state index contributed by atoms with van der Waals surface area (Å²) in [6, 6.07) is 0. The Morgan fingerprint density at radius 2 is 1.50 bits per heavy atom. The standard InChI is InChI=1S/C9H13.2BrH.Zr/c1-6-5-7(2)9(4)8(6)3;;;/h6H,1-4H3;2*1H;/q-1;;;+3/p-2. The van der Waals surface area contributed by atoms with E-state index in [-0.39, 0.29) is 60.2 Å². The Hall–Kier alpha value is 1.32. The zero-order valence-electron chi connectivity index (χ0n) is 7.83. The van der Waals surface area contributed by atoms with Gasteiger partial charge in [0.1, 0.15) is 0 Å². The van der Waals surface area contributed by atoms with E-state index in [0.717, 1.165) is 0 Å². The zero-order chi connectivity index (χ0) is 7.02. The van der Waals surface area contributed by atoms with Gasteiger partial charge in [-0.2, -0.15) is 11.1 Å².